The van der Waals surface area contributed by atoms with Gasteiger partial charge in [-0.05, 0) is 42.0 Å². The van der Waals surface area contributed by atoms with Crippen LogP contribution in [-0.2, 0) is 24.7 Å². The molecule has 2 heterocycles. The van der Waals surface area contributed by atoms with Crippen molar-refractivity contribution < 1.29 is 33.3 Å². The van der Waals surface area contributed by atoms with Gasteiger partial charge in [0.2, 0.25) is 0 Å². The van der Waals surface area contributed by atoms with Gasteiger partial charge < -0.3 is 18.9 Å². The standard InChI is InChI=1S/C37H30N2O8S/c40-30-21-22-39(37(38-30)48-24-25-13-5-1-6-14-25)33-32(47-36(43)28-19-11-4-12-20-28)31(46-35(42)27-17-9-3-10-18-27)29(45-33)23-44-34(41)26-15-7-2-8-16-26/h1-22,29,31-33H,23-24H2/t29-,31-,32-,33-/m1/s1. The molecule has 11 heteroatoms. The van der Waals surface area contributed by atoms with Crippen molar-refractivity contribution in [3.8, 4) is 0 Å². The van der Waals surface area contributed by atoms with E-state index in [4.69, 9.17) is 18.9 Å². The summed E-state index contributed by atoms with van der Waals surface area (Å²) in [6.45, 7) is -0.337. The molecule has 0 amide bonds. The second-order valence-corrected chi connectivity index (χ2v) is 11.7. The highest BCUT2D eigenvalue weighted by Crippen LogP contribution is 2.37. The number of aromatic nitrogens is 2. The van der Waals surface area contributed by atoms with E-state index in [1.807, 2.05) is 30.3 Å². The van der Waals surface area contributed by atoms with Crippen molar-refractivity contribution in [2.24, 2.45) is 0 Å². The maximum absolute atomic E-state index is 13.5. The number of hydrogen-bond acceptors (Lipinski definition) is 10. The van der Waals surface area contributed by atoms with Crippen LogP contribution < -0.4 is 5.56 Å². The lowest BCUT2D eigenvalue weighted by molar-refractivity contribution is -0.0663. The zero-order valence-electron chi connectivity index (χ0n) is 25.5. The monoisotopic (exact) mass is 662 g/mol. The first-order valence-electron chi connectivity index (χ1n) is 15.1. The van der Waals surface area contributed by atoms with Crippen molar-refractivity contribution in [3.63, 3.8) is 0 Å². The number of thioether (sulfide) groups is 1. The van der Waals surface area contributed by atoms with Gasteiger partial charge in [0.05, 0.1) is 16.7 Å². The highest BCUT2D eigenvalue weighted by molar-refractivity contribution is 7.98. The molecule has 4 atom stereocenters. The quantitative estimate of drug-likeness (QED) is 0.0749. The second-order valence-electron chi connectivity index (χ2n) is 10.7. The topological polar surface area (TPSA) is 123 Å². The third kappa shape index (κ3) is 7.88. The van der Waals surface area contributed by atoms with Crippen LogP contribution in [0.5, 0.6) is 0 Å². The van der Waals surface area contributed by atoms with E-state index in [-0.39, 0.29) is 22.9 Å². The van der Waals surface area contributed by atoms with Gasteiger partial charge in [0.25, 0.3) is 5.56 Å². The predicted octanol–water partition coefficient (Wildman–Crippen LogP) is 5.74. The molecule has 1 aromatic heterocycles. The van der Waals surface area contributed by atoms with Crippen LogP contribution in [0.3, 0.4) is 0 Å². The molecule has 0 spiro atoms. The SMILES string of the molecule is O=C(OC[C@H]1O[C@@H](n2ccc(=O)nc2SCc2ccccc2)[C@H](OC(=O)c2ccccc2)[C@@H]1OC(=O)c1ccccc1)c1ccccc1. The van der Waals surface area contributed by atoms with Crippen LogP contribution in [0.2, 0.25) is 0 Å². The highest BCUT2D eigenvalue weighted by Gasteiger charge is 2.51. The molecular weight excluding hydrogens is 632 g/mol. The summed E-state index contributed by atoms with van der Waals surface area (Å²) in [5.74, 6) is -1.52. The van der Waals surface area contributed by atoms with Crippen LogP contribution in [0.15, 0.2) is 144 Å². The van der Waals surface area contributed by atoms with Crippen molar-refractivity contribution in [2.45, 2.75) is 35.4 Å². The molecule has 1 aliphatic heterocycles. The predicted molar refractivity (Wildman–Crippen MR) is 176 cm³/mol. The molecule has 1 aliphatic rings. The van der Waals surface area contributed by atoms with Crippen LogP contribution in [-0.4, -0.2) is 52.4 Å². The Morgan fingerprint density at radius 3 is 1.73 bits per heavy atom. The van der Waals surface area contributed by atoms with Gasteiger partial charge in [-0.3, -0.25) is 9.36 Å². The number of carbonyl (C=O) groups is 3. The minimum Gasteiger partial charge on any atom is -0.459 e. The zero-order valence-corrected chi connectivity index (χ0v) is 26.3. The van der Waals surface area contributed by atoms with E-state index >= 15 is 0 Å². The van der Waals surface area contributed by atoms with Gasteiger partial charge >= 0.3 is 17.9 Å². The molecule has 242 valence electrons. The summed E-state index contributed by atoms with van der Waals surface area (Å²) in [5.41, 5.74) is 1.37. The van der Waals surface area contributed by atoms with Gasteiger partial charge in [-0.25, -0.2) is 14.4 Å². The molecule has 5 aromatic rings. The average molecular weight is 663 g/mol. The largest absolute Gasteiger partial charge is 0.459 e. The lowest BCUT2D eigenvalue weighted by atomic mass is 10.1. The molecule has 0 saturated carbocycles. The van der Waals surface area contributed by atoms with E-state index in [1.165, 1.54) is 24.0 Å². The summed E-state index contributed by atoms with van der Waals surface area (Å²) in [7, 11) is 0. The zero-order chi connectivity index (χ0) is 33.3. The van der Waals surface area contributed by atoms with Crippen LogP contribution in [0.4, 0.5) is 0 Å². The number of benzene rings is 4. The summed E-state index contributed by atoms with van der Waals surface area (Å²) >= 11 is 1.29. The normalized spacial score (nSPS) is 18.5. The van der Waals surface area contributed by atoms with Gasteiger partial charge in [-0.1, -0.05) is 96.7 Å². The number of ether oxygens (including phenoxy) is 4. The fourth-order valence-electron chi connectivity index (χ4n) is 5.10. The van der Waals surface area contributed by atoms with Crippen LogP contribution >= 0.6 is 11.8 Å². The fourth-order valence-corrected chi connectivity index (χ4v) is 6.06. The number of esters is 3. The van der Waals surface area contributed by atoms with E-state index in [0.29, 0.717) is 11.3 Å². The molecule has 4 aromatic carbocycles. The molecule has 1 saturated heterocycles. The third-order valence-electron chi connectivity index (χ3n) is 7.47. The fraction of sp³-hybridized carbons (Fsp3) is 0.162. The number of nitrogens with zero attached hydrogens (tertiary/aromatic N) is 2. The molecule has 0 bridgehead atoms. The minimum atomic E-state index is -1.24. The summed E-state index contributed by atoms with van der Waals surface area (Å²) in [5, 5.41) is 0.284. The second kappa shape index (κ2) is 15.4. The molecule has 1 fully saturated rings. The van der Waals surface area contributed by atoms with E-state index < -0.39 is 48.0 Å². The first-order valence-corrected chi connectivity index (χ1v) is 16.1. The Morgan fingerprint density at radius 1 is 0.667 bits per heavy atom. The first kappa shape index (κ1) is 32.4. The van der Waals surface area contributed by atoms with Crippen molar-refractivity contribution in [1.29, 1.82) is 0 Å². The third-order valence-corrected chi connectivity index (χ3v) is 8.51. The first-order chi connectivity index (χ1) is 23.5. The smallest absolute Gasteiger partial charge is 0.338 e. The Hall–Kier alpha value is -5.52. The molecule has 48 heavy (non-hydrogen) atoms. The highest BCUT2D eigenvalue weighted by atomic mass is 32.2. The van der Waals surface area contributed by atoms with E-state index in [1.54, 1.807) is 95.6 Å². The van der Waals surface area contributed by atoms with Gasteiger partial charge in [0.1, 0.15) is 12.7 Å². The van der Waals surface area contributed by atoms with Gasteiger partial charge in [-0.15, -0.1) is 0 Å². The number of rotatable bonds is 11. The van der Waals surface area contributed by atoms with E-state index in [0.717, 1.165) is 5.56 Å². The molecule has 0 aliphatic carbocycles. The van der Waals surface area contributed by atoms with Gasteiger partial charge in [0, 0.05) is 18.0 Å². The Labute approximate surface area is 280 Å². The summed E-state index contributed by atoms with van der Waals surface area (Å²) in [6.07, 6.45) is -3.18. The van der Waals surface area contributed by atoms with E-state index in [2.05, 4.69) is 4.98 Å². The Kier molecular flexibility index (Phi) is 10.4. The summed E-state index contributed by atoms with van der Waals surface area (Å²) in [6, 6.07) is 36.0. The lowest BCUT2D eigenvalue weighted by Gasteiger charge is -2.26. The minimum absolute atomic E-state index is 0.262. The Morgan fingerprint density at radius 2 is 1.17 bits per heavy atom. The maximum Gasteiger partial charge on any atom is 0.338 e. The van der Waals surface area contributed by atoms with E-state index in [9.17, 15) is 19.2 Å². The number of carbonyl (C=O) groups excluding carboxylic acids is 3. The van der Waals surface area contributed by atoms with Crippen LogP contribution in [0, 0.1) is 0 Å². The average Bonchev–Trinajstić information content (AvgIpc) is 3.46. The van der Waals surface area contributed by atoms with Crippen molar-refractivity contribution >= 4 is 29.7 Å². The molecule has 0 radical (unpaired) electrons. The molecule has 0 unspecified atom stereocenters. The van der Waals surface area contributed by atoms with Crippen molar-refractivity contribution in [1.82, 2.24) is 9.55 Å². The Balaban J connectivity index is 1.36. The Bertz CT molecular complexity index is 1910. The van der Waals surface area contributed by atoms with Crippen LogP contribution in [0.25, 0.3) is 0 Å². The van der Waals surface area contributed by atoms with Gasteiger partial charge in [-0.2, -0.15) is 4.98 Å². The summed E-state index contributed by atoms with van der Waals surface area (Å²) in [4.78, 5) is 56.6. The van der Waals surface area contributed by atoms with Crippen LogP contribution in [0.1, 0.15) is 42.9 Å². The molecule has 10 nitrogen and oxygen atoms in total. The van der Waals surface area contributed by atoms with Gasteiger partial charge in [0.15, 0.2) is 23.6 Å². The number of hydrogen-bond donors (Lipinski definition) is 0. The van der Waals surface area contributed by atoms with Crippen molar-refractivity contribution in [2.75, 3.05) is 6.61 Å². The molecular formula is C37H30N2O8S. The lowest BCUT2D eigenvalue weighted by Crippen LogP contribution is -2.41. The van der Waals surface area contributed by atoms with Crippen molar-refractivity contribution in [3.05, 3.63) is 166 Å². The summed E-state index contributed by atoms with van der Waals surface area (Å²) < 4.78 is 25.7. The molecule has 6 rings (SSSR count). The maximum atomic E-state index is 13.5. The molecule has 0 N–H and O–H groups in total.